The van der Waals surface area contributed by atoms with Crippen LogP contribution in [0.1, 0.15) is 29.4 Å². The lowest BCUT2D eigenvalue weighted by molar-refractivity contribution is 0.102. The van der Waals surface area contributed by atoms with Crippen LogP contribution in [0.2, 0.25) is 0 Å². The molecule has 0 amide bonds. The second kappa shape index (κ2) is 5.62. The molecule has 0 radical (unpaired) electrons. The van der Waals surface area contributed by atoms with Gasteiger partial charge in [-0.15, -0.1) is 11.3 Å². The first-order valence-electron chi connectivity index (χ1n) is 5.13. The second-order valence-corrected chi connectivity index (χ2v) is 7.19. The SMILES string of the molecule is CCCn1ncc(Br)c1C(=O)c1csc(I)c1. The van der Waals surface area contributed by atoms with E-state index in [9.17, 15) is 4.79 Å². The normalized spacial score (nSPS) is 10.8. The number of aryl methyl sites for hydroxylation is 1. The van der Waals surface area contributed by atoms with Crippen molar-refractivity contribution < 1.29 is 4.79 Å². The Kier molecular flexibility index (Phi) is 4.37. The van der Waals surface area contributed by atoms with E-state index < -0.39 is 0 Å². The van der Waals surface area contributed by atoms with Crippen LogP contribution in [0.25, 0.3) is 0 Å². The molecule has 0 aromatic carbocycles. The van der Waals surface area contributed by atoms with Crippen molar-refractivity contribution in [2.24, 2.45) is 0 Å². The molecule has 3 nitrogen and oxygen atoms in total. The summed E-state index contributed by atoms with van der Waals surface area (Å²) >= 11 is 7.18. The third kappa shape index (κ3) is 2.79. The van der Waals surface area contributed by atoms with Crippen LogP contribution >= 0.6 is 49.9 Å². The van der Waals surface area contributed by atoms with Crippen LogP contribution in [0.4, 0.5) is 0 Å². The number of ketones is 1. The predicted octanol–water partition coefficient (Wildman–Crippen LogP) is 3.95. The van der Waals surface area contributed by atoms with Gasteiger partial charge in [-0.3, -0.25) is 9.48 Å². The highest BCUT2D eigenvalue weighted by Gasteiger charge is 2.19. The number of rotatable bonds is 4. The summed E-state index contributed by atoms with van der Waals surface area (Å²) < 4.78 is 3.64. The Morgan fingerprint density at radius 1 is 1.65 bits per heavy atom. The molecule has 2 heterocycles. The Bertz CT molecular complexity index is 549. The van der Waals surface area contributed by atoms with Crippen LogP contribution < -0.4 is 0 Å². The molecule has 0 saturated carbocycles. The maximum Gasteiger partial charge on any atom is 0.213 e. The first kappa shape index (κ1) is 13.2. The molecular formula is C11H10BrIN2OS. The molecule has 0 aliphatic carbocycles. The number of halogens is 2. The van der Waals surface area contributed by atoms with Gasteiger partial charge < -0.3 is 0 Å². The van der Waals surface area contributed by atoms with E-state index in [-0.39, 0.29) is 5.78 Å². The largest absolute Gasteiger partial charge is 0.287 e. The second-order valence-electron chi connectivity index (χ2n) is 3.53. The van der Waals surface area contributed by atoms with Crippen molar-refractivity contribution in [2.75, 3.05) is 0 Å². The fraction of sp³-hybridized carbons (Fsp3) is 0.273. The average Bonchev–Trinajstić information content (AvgIpc) is 2.86. The Balaban J connectivity index is 2.39. The summed E-state index contributed by atoms with van der Waals surface area (Å²) in [5.74, 6) is 0.0296. The summed E-state index contributed by atoms with van der Waals surface area (Å²) in [6, 6.07) is 1.91. The van der Waals surface area contributed by atoms with Gasteiger partial charge in [-0.1, -0.05) is 6.92 Å². The third-order valence-electron chi connectivity index (χ3n) is 2.27. The van der Waals surface area contributed by atoms with Crippen LogP contribution in [0.3, 0.4) is 0 Å². The highest BCUT2D eigenvalue weighted by Crippen LogP contribution is 2.23. The lowest BCUT2D eigenvalue weighted by Crippen LogP contribution is -2.11. The van der Waals surface area contributed by atoms with E-state index >= 15 is 0 Å². The minimum Gasteiger partial charge on any atom is -0.287 e. The first-order chi connectivity index (χ1) is 8.13. The Morgan fingerprint density at radius 3 is 3.00 bits per heavy atom. The fourth-order valence-electron chi connectivity index (χ4n) is 1.54. The summed E-state index contributed by atoms with van der Waals surface area (Å²) in [6.45, 7) is 2.82. The van der Waals surface area contributed by atoms with Gasteiger partial charge in [0.25, 0.3) is 0 Å². The van der Waals surface area contributed by atoms with Crippen LogP contribution in [0.15, 0.2) is 22.1 Å². The number of carbonyl (C=O) groups excluding carboxylic acids is 1. The number of hydrogen-bond acceptors (Lipinski definition) is 3. The van der Waals surface area contributed by atoms with E-state index in [1.54, 1.807) is 22.2 Å². The van der Waals surface area contributed by atoms with Crippen molar-refractivity contribution >= 4 is 55.6 Å². The molecule has 0 bridgehead atoms. The molecule has 90 valence electrons. The Labute approximate surface area is 125 Å². The number of thiophene rings is 1. The van der Waals surface area contributed by atoms with E-state index in [4.69, 9.17) is 0 Å². The van der Waals surface area contributed by atoms with Crippen LogP contribution in [-0.2, 0) is 6.54 Å². The molecule has 0 unspecified atom stereocenters. The third-order valence-corrected chi connectivity index (χ3v) is 4.64. The molecular weight excluding hydrogens is 415 g/mol. The molecule has 0 aliphatic rings. The number of hydrogen-bond donors (Lipinski definition) is 0. The van der Waals surface area contributed by atoms with Crippen molar-refractivity contribution in [1.82, 2.24) is 9.78 Å². The van der Waals surface area contributed by atoms with Gasteiger partial charge in [0, 0.05) is 17.5 Å². The molecule has 0 spiro atoms. The quantitative estimate of drug-likeness (QED) is 0.550. The zero-order valence-electron chi connectivity index (χ0n) is 9.11. The van der Waals surface area contributed by atoms with Gasteiger partial charge in [0.1, 0.15) is 5.69 Å². The van der Waals surface area contributed by atoms with E-state index in [2.05, 4.69) is 50.5 Å². The number of nitrogens with zero attached hydrogens (tertiary/aromatic N) is 2. The Hall–Kier alpha value is -0.210. The first-order valence-corrected chi connectivity index (χ1v) is 7.88. The van der Waals surface area contributed by atoms with Gasteiger partial charge in [-0.25, -0.2) is 0 Å². The molecule has 0 fully saturated rings. The summed E-state index contributed by atoms with van der Waals surface area (Å²) in [7, 11) is 0. The maximum atomic E-state index is 12.3. The van der Waals surface area contributed by atoms with Crippen LogP contribution in [0, 0.1) is 2.88 Å². The van der Waals surface area contributed by atoms with Crippen molar-refractivity contribution in [3.8, 4) is 0 Å². The molecule has 0 saturated heterocycles. The fourth-order valence-corrected chi connectivity index (χ4v) is 3.34. The zero-order valence-corrected chi connectivity index (χ0v) is 13.7. The van der Waals surface area contributed by atoms with E-state index in [1.807, 2.05) is 11.4 Å². The van der Waals surface area contributed by atoms with Gasteiger partial charge in [-0.2, -0.15) is 5.10 Å². The van der Waals surface area contributed by atoms with Gasteiger partial charge >= 0.3 is 0 Å². The topological polar surface area (TPSA) is 34.9 Å². The van der Waals surface area contributed by atoms with Crippen LogP contribution in [-0.4, -0.2) is 15.6 Å². The molecule has 0 N–H and O–H groups in total. The average molecular weight is 425 g/mol. The minimum absolute atomic E-state index is 0.0296. The maximum absolute atomic E-state index is 12.3. The number of carbonyl (C=O) groups is 1. The predicted molar refractivity (Wildman–Crippen MR) is 80.7 cm³/mol. The van der Waals surface area contributed by atoms with E-state index in [0.717, 1.165) is 25.9 Å². The van der Waals surface area contributed by atoms with Crippen LogP contribution in [0.5, 0.6) is 0 Å². The van der Waals surface area contributed by atoms with Crippen molar-refractivity contribution in [1.29, 1.82) is 0 Å². The van der Waals surface area contributed by atoms with Gasteiger partial charge in [0.05, 0.1) is 13.6 Å². The van der Waals surface area contributed by atoms with E-state index in [1.165, 1.54) is 0 Å². The molecule has 6 heteroatoms. The smallest absolute Gasteiger partial charge is 0.213 e. The summed E-state index contributed by atoms with van der Waals surface area (Å²) in [5.41, 5.74) is 1.37. The van der Waals surface area contributed by atoms with E-state index in [0.29, 0.717) is 5.69 Å². The zero-order chi connectivity index (χ0) is 12.4. The van der Waals surface area contributed by atoms with Gasteiger partial charge in [0.2, 0.25) is 5.78 Å². The molecule has 2 aromatic heterocycles. The monoisotopic (exact) mass is 424 g/mol. The lowest BCUT2D eigenvalue weighted by atomic mass is 10.1. The van der Waals surface area contributed by atoms with Gasteiger partial charge in [0.15, 0.2) is 0 Å². The van der Waals surface area contributed by atoms with Crippen molar-refractivity contribution in [3.05, 3.63) is 36.3 Å². The molecule has 2 aromatic rings. The highest BCUT2D eigenvalue weighted by molar-refractivity contribution is 14.1. The highest BCUT2D eigenvalue weighted by atomic mass is 127. The van der Waals surface area contributed by atoms with Crippen molar-refractivity contribution in [2.45, 2.75) is 19.9 Å². The molecule has 0 atom stereocenters. The molecule has 0 aliphatic heterocycles. The lowest BCUT2D eigenvalue weighted by Gasteiger charge is -2.04. The summed E-state index contributed by atoms with van der Waals surface area (Å²) in [5, 5.41) is 6.10. The number of aromatic nitrogens is 2. The molecule has 2 rings (SSSR count). The standard InChI is InChI=1S/C11H10BrIN2OS/c1-2-3-15-10(8(12)5-14-15)11(16)7-4-9(13)17-6-7/h4-6H,2-3H2,1H3. The van der Waals surface area contributed by atoms with Crippen molar-refractivity contribution in [3.63, 3.8) is 0 Å². The van der Waals surface area contributed by atoms with Gasteiger partial charge in [-0.05, 0) is 51.0 Å². The Morgan fingerprint density at radius 2 is 2.41 bits per heavy atom. The molecule has 17 heavy (non-hydrogen) atoms. The minimum atomic E-state index is 0.0296. The summed E-state index contributed by atoms with van der Waals surface area (Å²) in [4.78, 5) is 12.3. The summed E-state index contributed by atoms with van der Waals surface area (Å²) in [6.07, 6.45) is 2.63.